The first-order chi connectivity index (χ1) is 5.16. The fourth-order valence-electron chi connectivity index (χ4n) is 1.13. The maximum absolute atomic E-state index is 5.64. The van der Waals surface area contributed by atoms with Crippen molar-refractivity contribution in [1.29, 1.82) is 0 Å². The van der Waals surface area contributed by atoms with Crippen LogP contribution in [0.1, 0.15) is 25.6 Å². The summed E-state index contributed by atoms with van der Waals surface area (Å²) in [5, 5.41) is 0. The predicted molar refractivity (Wildman–Crippen MR) is 49.7 cm³/mol. The number of hydrogen-bond donors (Lipinski definition) is 2. The van der Waals surface area contributed by atoms with Crippen molar-refractivity contribution >= 4 is 18.6 Å². The molecular weight excluding hydrogens is 158 g/mol. The van der Waals surface area contributed by atoms with Crippen LogP contribution in [0.5, 0.6) is 0 Å². The fraction of sp³-hybridized carbons (Fsp3) is 0.571. The predicted octanol–water partition coefficient (Wildman–Crippen LogP) is 1.48. The molecule has 0 aromatic carbocycles. The van der Waals surface area contributed by atoms with Gasteiger partial charge in [0.25, 0.3) is 0 Å². The van der Waals surface area contributed by atoms with Gasteiger partial charge < -0.3 is 10.3 Å². The molecule has 11 heavy (non-hydrogen) atoms. The Morgan fingerprint density at radius 3 is 2.73 bits per heavy atom. The Morgan fingerprint density at radius 1 is 1.73 bits per heavy atom. The van der Waals surface area contributed by atoms with Gasteiger partial charge in [0.15, 0.2) is 0 Å². The van der Waals surface area contributed by atoms with Gasteiger partial charge in [0, 0.05) is 17.5 Å². The molecule has 0 aliphatic heterocycles. The van der Waals surface area contributed by atoms with Gasteiger partial charge in [-0.05, 0) is 13.8 Å². The molecule has 1 aromatic heterocycles. The van der Waals surface area contributed by atoms with Crippen molar-refractivity contribution in [3.63, 3.8) is 0 Å². The molecule has 0 saturated carbocycles. The van der Waals surface area contributed by atoms with Gasteiger partial charge in [-0.3, -0.25) is 0 Å². The zero-order valence-electron chi connectivity index (χ0n) is 6.78. The molecule has 4 heteroatoms. The van der Waals surface area contributed by atoms with E-state index < -0.39 is 0 Å². The van der Waals surface area contributed by atoms with E-state index in [-0.39, 0.29) is 0 Å². The molecule has 1 rings (SSSR count). The van der Waals surface area contributed by atoms with E-state index in [9.17, 15) is 0 Å². The number of nitrogen functional groups attached to an aromatic ring is 1. The van der Waals surface area contributed by atoms with E-state index in [0.29, 0.717) is 17.7 Å². The van der Waals surface area contributed by atoms with Crippen molar-refractivity contribution in [3.05, 3.63) is 11.9 Å². The molecule has 0 aliphatic carbocycles. The molecule has 0 atom stereocenters. The van der Waals surface area contributed by atoms with E-state index in [1.165, 1.54) is 0 Å². The second kappa shape index (κ2) is 3.17. The lowest BCUT2D eigenvalue weighted by Crippen LogP contribution is -2.08. The van der Waals surface area contributed by atoms with Crippen molar-refractivity contribution in [2.45, 2.75) is 25.6 Å². The van der Waals surface area contributed by atoms with Crippen molar-refractivity contribution in [2.24, 2.45) is 0 Å². The van der Waals surface area contributed by atoms with E-state index >= 15 is 0 Å². The Hall–Kier alpha value is -0.640. The van der Waals surface area contributed by atoms with Gasteiger partial charge in [0.05, 0.1) is 6.20 Å². The number of nitrogens with two attached hydrogens (primary N) is 1. The molecule has 0 saturated heterocycles. The summed E-state index contributed by atoms with van der Waals surface area (Å²) in [7, 11) is 0. The molecule has 1 aromatic rings. The number of hydrogen-bond acceptors (Lipinski definition) is 3. The Balaban J connectivity index is 3.07. The van der Waals surface area contributed by atoms with Crippen LogP contribution in [0.15, 0.2) is 6.20 Å². The highest BCUT2D eigenvalue weighted by atomic mass is 32.1. The van der Waals surface area contributed by atoms with Crippen molar-refractivity contribution in [3.8, 4) is 0 Å². The second-order valence-corrected chi connectivity index (χ2v) is 3.05. The molecule has 0 spiro atoms. The highest BCUT2D eigenvalue weighted by Gasteiger charge is 2.07. The largest absolute Gasteiger partial charge is 0.369 e. The zero-order valence-corrected chi connectivity index (χ0v) is 7.68. The van der Waals surface area contributed by atoms with E-state index in [1.54, 1.807) is 6.20 Å². The molecule has 0 unspecified atom stereocenters. The van der Waals surface area contributed by atoms with Crippen LogP contribution in [0.3, 0.4) is 0 Å². The summed E-state index contributed by atoms with van der Waals surface area (Å²) in [5.41, 5.74) is 6.71. The third-order valence-corrected chi connectivity index (χ3v) is 1.90. The lowest BCUT2D eigenvalue weighted by Gasteiger charge is -2.11. The SMILES string of the molecule is CC(C)n1c(CS)cnc1N. The first kappa shape index (κ1) is 8.46. The molecule has 0 bridgehead atoms. The van der Waals surface area contributed by atoms with Crippen LogP contribution in [0.25, 0.3) is 0 Å². The molecule has 0 aliphatic rings. The van der Waals surface area contributed by atoms with Gasteiger partial charge in [0.2, 0.25) is 5.95 Å². The number of anilines is 1. The van der Waals surface area contributed by atoms with Crippen LogP contribution >= 0.6 is 12.6 Å². The number of imidazole rings is 1. The quantitative estimate of drug-likeness (QED) is 0.662. The standard InChI is InChI=1S/C7H13N3S/c1-5(2)10-6(4-11)3-9-7(10)8/h3,5,11H,4H2,1-2H3,(H2,8,9). The lowest BCUT2D eigenvalue weighted by molar-refractivity contribution is 0.593. The first-order valence-electron chi connectivity index (χ1n) is 3.59. The minimum atomic E-state index is 0.361. The molecule has 62 valence electrons. The summed E-state index contributed by atoms with van der Waals surface area (Å²) in [5.74, 6) is 1.26. The van der Waals surface area contributed by atoms with Gasteiger partial charge in [-0.25, -0.2) is 4.98 Å². The summed E-state index contributed by atoms with van der Waals surface area (Å²) in [4.78, 5) is 4.00. The van der Waals surface area contributed by atoms with Crippen LogP contribution in [-0.2, 0) is 5.75 Å². The fourth-order valence-corrected chi connectivity index (χ4v) is 1.36. The van der Waals surface area contributed by atoms with Gasteiger partial charge in [-0.15, -0.1) is 0 Å². The van der Waals surface area contributed by atoms with Crippen LogP contribution in [0, 0.1) is 0 Å². The zero-order chi connectivity index (χ0) is 8.43. The van der Waals surface area contributed by atoms with Crippen molar-refractivity contribution in [1.82, 2.24) is 9.55 Å². The number of rotatable bonds is 2. The maximum atomic E-state index is 5.64. The second-order valence-electron chi connectivity index (χ2n) is 2.73. The maximum Gasteiger partial charge on any atom is 0.200 e. The molecular formula is C7H13N3S. The van der Waals surface area contributed by atoms with Crippen LogP contribution < -0.4 is 5.73 Å². The monoisotopic (exact) mass is 171 g/mol. The summed E-state index contributed by atoms with van der Waals surface area (Å²) < 4.78 is 1.98. The smallest absolute Gasteiger partial charge is 0.200 e. The van der Waals surface area contributed by atoms with Crippen molar-refractivity contribution < 1.29 is 0 Å². The van der Waals surface area contributed by atoms with Crippen LogP contribution in [-0.4, -0.2) is 9.55 Å². The highest BCUT2D eigenvalue weighted by Crippen LogP contribution is 2.15. The van der Waals surface area contributed by atoms with E-state index in [0.717, 1.165) is 5.69 Å². The van der Waals surface area contributed by atoms with E-state index in [4.69, 9.17) is 5.73 Å². The topological polar surface area (TPSA) is 43.8 Å². The summed E-state index contributed by atoms with van der Waals surface area (Å²) in [6, 6.07) is 0.361. The molecule has 0 amide bonds. The first-order valence-corrected chi connectivity index (χ1v) is 4.22. The molecule has 3 nitrogen and oxygen atoms in total. The van der Waals surface area contributed by atoms with E-state index in [1.807, 2.05) is 4.57 Å². The molecule has 0 radical (unpaired) electrons. The summed E-state index contributed by atoms with van der Waals surface area (Å²) in [6.07, 6.45) is 1.77. The Bertz CT molecular complexity index is 242. The Kier molecular flexibility index (Phi) is 2.44. The Morgan fingerprint density at radius 2 is 2.36 bits per heavy atom. The van der Waals surface area contributed by atoms with Gasteiger partial charge >= 0.3 is 0 Å². The van der Waals surface area contributed by atoms with Gasteiger partial charge in [0.1, 0.15) is 0 Å². The van der Waals surface area contributed by atoms with Crippen LogP contribution in [0.2, 0.25) is 0 Å². The molecule has 1 heterocycles. The normalized spacial score (nSPS) is 10.9. The van der Waals surface area contributed by atoms with Gasteiger partial charge in [-0.2, -0.15) is 12.6 Å². The van der Waals surface area contributed by atoms with E-state index in [2.05, 4.69) is 31.5 Å². The number of thiol groups is 1. The third kappa shape index (κ3) is 1.50. The average molecular weight is 171 g/mol. The van der Waals surface area contributed by atoms with Crippen molar-refractivity contribution in [2.75, 3.05) is 5.73 Å². The average Bonchev–Trinajstić information content (AvgIpc) is 2.30. The third-order valence-electron chi connectivity index (χ3n) is 1.58. The minimum absolute atomic E-state index is 0.361. The lowest BCUT2D eigenvalue weighted by atomic mass is 10.3. The highest BCUT2D eigenvalue weighted by molar-refractivity contribution is 7.79. The van der Waals surface area contributed by atoms with Gasteiger partial charge in [-0.1, -0.05) is 0 Å². The number of aromatic nitrogens is 2. The Labute approximate surface area is 72.0 Å². The summed E-state index contributed by atoms with van der Waals surface area (Å²) >= 11 is 4.17. The molecule has 0 fully saturated rings. The summed E-state index contributed by atoms with van der Waals surface area (Å²) in [6.45, 7) is 4.15. The number of nitrogens with zero attached hydrogens (tertiary/aromatic N) is 2. The molecule has 2 N–H and O–H groups in total. The van der Waals surface area contributed by atoms with Crippen LogP contribution in [0.4, 0.5) is 5.95 Å². The minimum Gasteiger partial charge on any atom is -0.369 e.